The maximum absolute atomic E-state index is 11.6. The molecule has 0 aromatic rings. The van der Waals surface area contributed by atoms with E-state index in [1.807, 2.05) is 0 Å². The summed E-state index contributed by atoms with van der Waals surface area (Å²) in [5.74, 6) is -0.724. The van der Waals surface area contributed by atoms with Gasteiger partial charge in [-0.05, 0) is 19.3 Å². The second-order valence-electron chi connectivity index (χ2n) is 4.96. The number of aliphatic hydroxyl groups excluding tert-OH is 1. The van der Waals surface area contributed by atoms with Gasteiger partial charge >= 0.3 is 15.2 Å². The molecule has 1 aliphatic rings. The highest BCUT2D eigenvalue weighted by Gasteiger charge is 2.60. The smallest absolute Gasteiger partial charge is 0.369 e. The summed E-state index contributed by atoms with van der Waals surface area (Å²) in [6.45, 7) is -0.650. The molecule has 21 heavy (non-hydrogen) atoms. The largest absolute Gasteiger partial charge is 0.387 e. The Morgan fingerprint density at radius 1 is 1.14 bits per heavy atom. The summed E-state index contributed by atoms with van der Waals surface area (Å²) < 4.78 is 22.6. The highest BCUT2D eigenvalue weighted by atomic mass is 31.2. The molecule has 6 N–H and O–H groups in total. The number of likely N-dealkylation sites (tertiary alicyclic amines) is 1. The van der Waals surface area contributed by atoms with Crippen molar-refractivity contribution < 1.29 is 43.7 Å². The number of hydrogen-bond donors (Lipinski definition) is 6. The summed E-state index contributed by atoms with van der Waals surface area (Å²) in [4.78, 5) is 49.1. The number of nitrogens with zero attached hydrogens (tertiary/aromatic N) is 1. The van der Waals surface area contributed by atoms with Crippen molar-refractivity contribution in [3.8, 4) is 0 Å². The van der Waals surface area contributed by atoms with Crippen LogP contribution in [0.2, 0.25) is 0 Å². The quantitative estimate of drug-likeness (QED) is 0.332. The average Bonchev–Trinajstić information content (AvgIpc) is 2.35. The fourth-order valence-electron chi connectivity index (χ4n) is 2.36. The number of carbonyl (C=O) groups excluding carboxylic acids is 1. The molecule has 1 amide bonds. The molecular weight excluding hydrogens is 328 g/mol. The molecule has 0 aromatic heterocycles. The lowest BCUT2D eigenvalue weighted by molar-refractivity contribution is -0.138. The van der Waals surface area contributed by atoms with Crippen molar-refractivity contribution in [3.63, 3.8) is 0 Å². The van der Waals surface area contributed by atoms with Gasteiger partial charge in [0, 0.05) is 19.0 Å². The van der Waals surface area contributed by atoms with Gasteiger partial charge in [-0.25, -0.2) is 0 Å². The third-order valence-corrected chi connectivity index (χ3v) is 7.32. The van der Waals surface area contributed by atoms with Gasteiger partial charge in [0.15, 0.2) is 0 Å². The Morgan fingerprint density at radius 3 is 2.10 bits per heavy atom. The van der Waals surface area contributed by atoms with Gasteiger partial charge in [-0.1, -0.05) is 0 Å². The standard InChI is InChI=1S/C9H19NO9P2/c11-6-8(12)10-4-2-1-3-7(10)5-9(13,20(14,15)16)21(17,18)19/h7,11,13H,1-6H2,(H2,14,15,16)(H2,17,18,19). The summed E-state index contributed by atoms with van der Waals surface area (Å²) in [5, 5.41) is 15.2. The maximum Gasteiger partial charge on any atom is 0.369 e. The molecule has 0 aliphatic carbocycles. The molecule has 0 aromatic carbocycles. The van der Waals surface area contributed by atoms with Crippen LogP contribution in [0.25, 0.3) is 0 Å². The highest BCUT2D eigenvalue weighted by Crippen LogP contribution is 2.69. The van der Waals surface area contributed by atoms with Gasteiger partial charge in [0.05, 0.1) is 0 Å². The van der Waals surface area contributed by atoms with Gasteiger partial charge in [-0.3, -0.25) is 13.9 Å². The molecule has 10 nitrogen and oxygen atoms in total. The van der Waals surface area contributed by atoms with Crippen molar-refractivity contribution in [3.05, 3.63) is 0 Å². The van der Waals surface area contributed by atoms with Crippen molar-refractivity contribution in [1.29, 1.82) is 0 Å². The van der Waals surface area contributed by atoms with Crippen LogP contribution in [0.1, 0.15) is 25.7 Å². The summed E-state index contributed by atoms with van der Waals surface area (Å²) in [6, 6.07) is -0.969. The predicted octanol–water partition coefficient (Wildman–Crippen LogP) is -1.25. The first-order chi connectivity index (χ1) is 9.44. The molecule has 1 unspecified atom stereocenters. The van der Waals surface area contributed by atoms with E-state index in [1.165, 1.54) is 0 Å². The van der Waals surface area contributed by atoms with Crippen LogP contribution in [-0.4, -0.2) is 64.9 Å². The van der Waals surface area contributed by atoms with Crippen LogP contribution in [0.5, 0.6) is 0 Å². The van der Waals surface area contributed by atoms with E-state index in [9.17, 15) is 19.0 Å². The van der Waals surface area contributed by atoms with Crippen molar-refractivity contribution in [2.75, 3.05) is 13.2 Å². The molecule has 12 heteroatoms. The van der Waals surface area contributed by atoms with Crippen LogP contribution in [0.3, 0.4) is 0 Å². The van der Waals surface area contributed by atoms with E-state index < -0.39 is 45.3 Å². The van der Waals surface area contributed by atoms with E-state index in [-0.39, 0.29) is 13.0 Å². The van der Waals surface area contributed by atoms with Crippen LogP contribution >= 0.6 is 15.2 Å². The second kappa shape index (κ2) is 6.44. The SMILES string of the molecule is O=C(CO)N1CCCCC1CC(O)(P(=O)(O)O)P(=O)(O)O. The van der Waals surface area contributed by atoms with Crippen LogP contribution in [0.4, 0.5) is 0 Å². The van der Waals surface area contributed by atoms with Crippen molar-refractivity contribution in [2.24, 2.45) is 0 Å². The lowest BCUT2D eigenvalue weighted by Gasteiger charge is -2.40. The Balaban J connectivity index is 3.10. The third-order valence-electron chi connectivity index (χ3n) is 3.53. The van der Waals surface area contributed by atoms with Crippen LogP contribution in [0, 0.1) is 0 Å². The van der Waals surface area contributed by atoms with Gasteiger partial charge in [0.2, 0.25) is 5.91 Å². The maximum atomic E-state index is 11.6. The molecule has 1 fully saturated rings. The molecule has 1 atom stereocenters. The highest BCUT2D eigenvalue weighted by molar-refractivity contribution is 7.72. The van der Waals surface area contributed by atoms with Gasteiger partial charge in [0.1, 0.15) is 6.61 Å². The molecule has 0 bridgehead atoms. The zero-order valence-electron chi connectivity index (χ0n) is 11.1. The first-order valence-corrected chi connectivity index (χ1v) is 9.40. The number of amides is 1. The minimum Gasteiger partial charge on any atom is -0.387 e. The fourth-order valence-corrected chi connectivity index (χ4v) is 4.61. The molecule has 1 heterocycles. The van der Waals surface area contributed by atoms with Crippen LogP contribution < -0.4 is 0 Å². The third kappa shape index (κ3) is 3.91. The molecular formula is C9H19NO9P2. The Morgan fingerprint density at radius 2 is 1.67 bits per heavy atom. The topological polar surface area (TPSA) is 176 Å². The molecule has 1 saturated heterocycles. The molecule has 0 spiro atoms. The summed E-state index contributed by atoms with van der Waals surface area (Å²) >= 11 is 0. The van der Waals surface area contributed by atoms with E-state index in [0.717, 1.165) is 4.90 Å². The van der Waals surface area contributed by atoms with Crippen LogP contribution in [-0.2, 0) is 13.9 Å². The van der Waals surface area contributed by atoms with Crippen molar-refractivity contribution in [1.82, 2.24) is 4.90 Å². The molecule has 1 rings (SSSR count). The second-order valence-corrected chi connectivity index (χ2v) is 8.97. The van der Waals surface area contributed by atoms with Crippen molar-refractivity contribution in [2.45, 2.75) is 36.8 Å². The first-order valence-electron chi connectivity index (χ1n) is 6.18. The van der Waals surface area contributed by atoms with Crippen molar-refractivity contribution >= 4 is 21.1 Å². The van der Waals surface area contributed by atoms with E-state index in [4.69, 9.17) is 24.7 Å². The number of aliphatic hydroxyl groups is 2. The molecule has 124 valence electrons. The van der Waals surface area contributed by atoms with Gasteiger partial charge in [-0.2, -0.15) is 0 Å². The van der Waals surface area contributed by atoms with E-state index >= 15 is 0 Å². The Hall–Kier alpha value is -0.310. The minimum atomic E-state index is -5.55. The average molecular weight is 347 g/mol. The lowest BCUT2D eigenvalue weighted by atomic mass is 9.99. The molecule has 1 aliphatic heterocycles. The van der Waals surface area contributed by atoms with E-state index in [2.05, 4.69) is 0 Å². The van der Waals surface area contributed by atoms with E-state index in [1.54, 1.807) is 0 Å². The monoisotopic (exact) mass is 347 g/mol. The van der Waals surface area contributed by atoms with Gasteiger partial charge in [-0.15, -0.1) is 0 Å². The molecule has 0 radical (unpaired) electrons. The molecule has 0 saturated carbocycles. The zero-order valence-corrected chi connectivity index (χ0v) is 12.9. The first kappa shape index (κ1) is 18.7. The summed E-state index contributed by atoms with van der Waals surface area (Å²) in [5.41, 5.74) is 0. The Kier molecular flexibility index (Phi) is 5.74. The van der Waals surface area contributed by atoms with E-state index in [0.29, 0.717) is 12.8 Å². The zero-order chi connectivity index (χ0) is 16.5. The number of carbonyl (C=O) groups is 1. The van der Waals surface area contributed by atoms with Gasteiger partial charge in [0.25, 0.3) is 5.08 Å². The number of rotatable bonds is 5. The lowest BCUT2D eigenvalue weighted by Crippen LogP contribution is -2.48. The summed E-state index contributed by atoms with van der Waals surface area (Å²) in [7, 11) is -11.1. The predicted molar refractivity (Wildman–Crippen MR) is 70.1 cm³/mol. The van der Waals surface area contributed by atoms with Crippen LogP contribution in [0.15, 0.2) is 0 Å². The van der Waals surface area contributed by atoms with Gasteiger partial charge < -0.3 is 34.7 Å². The number of piperidine rings is 1. The summed E-state index contributed by atoms with van der Waals surface area (Å²) in [6.07, 6.45) is 0.409. The number of hydrogen-bond acceptors (Lipinski definition) is 5. The normalized spacial score (nSPS) is 21.4. The Labute approximate surface area is 120 Å². The minimum absolute atomic E-state index is 0.183. The fraction of sp³-hybridized carbons (Fsp3) is 0.889. The Bertz CT molecular complexity index is 462.